The van der Waals surface area contributed by atoms with Gasteiger partial charge in [-0.3, -0.25) is 4.90 Å². The van der Waals surface area contributed by atoms with E-state index in [2.05, 4.69) is 5.32 Å². The van der Waals surface area contributed by atoms with Crippen molar-refractivity contribution in [1.82, 2.24) is 0 Å². The average molecular weight is 450 g/mol. The highest BCUT2D eigenvalue weighted by Gasteiger charge is 2.29. The largest absolute Gasteiger partial charge is 0.386 e. The van der Waals surface area contributed by atoms with Crippen molar-refractivity contribution >= 4 is 52.2 Å². The first kappa shape index (κ1) is 21.5. The summed E-state index contributed by atoms with van der Waals surface area (Å²) in [7, 11) is 0. The number of rotatable bonds is 5. The summed E-state index contributed by atoms with van der Waals surface area (Å²) in [6.07, 6.45) is -0.969. The summed E-state index contributed by atoms with van der Waals surface area (Å²) in [5.74, 6) is 0. The molecule has 0 aliphatic rings. The molecule has 0 aliphatic carbocycles. The first-order valence-corrected chi connectivity index (χ1v) is 10.0. The van der Waals surface area contributed by atoms with Crippen LogP contribution in [0.25, 0.3) is 0 Å². The molecule has 7 heteroatoms. The lowest BCUT2D eigenvalue weighted by Crippen LogP contribution is -2.44. The van der Waals surface area contributed by atoms with E-state index in [1.165, 1.54) is 4.90 Å². The van der Waals surface area contributed by atoms with Crippen molar-refractivity contribution in [1.29, 1.82) is 0 Å². The van der Waals surface area contributed by atoms with Crippen LogP contribution in [0.2, 0.25) is 15.1 Å². The molecule has 29 heavy (non-hydrogen) atoms. The van der Waals surface area contributed by atoms with Crippen molar-refractivity contribution in [2.45, 2.75) is 19.1 Å². The number of hydrogen-bond donors (Lipinski definition) is 2. The van der Waals surface area contributed by atoms with Crippen LogP contribution in [0, 0.1) is 0 Å². The van der Waals surface area contributed by atoms with Gasteiger partial charge < -0.3 is 10.4 Å². The number of aliphatic hydroxyl groups is 1. The predicted molar refractivity (Wildman–Crippen MR) is 120 cm³/mol. The number of carbonyl (C=O) groups excluding carboxylic acids is 1. The third kappa shape index (κ3) is 5.43. The molecule has 0 radical (unpaired) electrons. The lowest BCUT2D eigenvalue weighted by molar-refractivity contribution is 0.150. The van der Waals surface area contributed by atoms with Crippen molar-refractivity contribution in [3.05, 3.63) is 93.4 Å². The molecule has 0 heterocycles. The molecular weight excluding hydrogens is 431 g/mol. The number of nitrogens with one attached hydrogen (secondary N) is 1. The molecule has 0 saturated heterocycles. The third-order valence-corrected chi connectivity index (χ3v) is 5.18. The van der Waals surface area contributed by atoms with Crippen LogP contribution in [-0.2, 0) is 0 Å². The van der Waals surface area contributed by atoms with Gasteiger partial charge in [0.05, 0.1) is 12.1 Å². The maximum Gasteiger partial charge on any atom is 0.326 e. The van der Waals surface area contributed by atoms with Crippen molar-refractivity contribution in [2.24, 2.45) is 0 Å². The first-order valence-electron chi connectivity index (χ1n) is 8.90. The normalized spacial score (nSPS) is 12.9. The number of benzene rings is 3. The van der Waals surface area contributed by atoms with Crippen molar-refractivity contribution in [3.8, 4) is 0 Å². The second kappa shape index (κ2) is 9.51. The highest BCUT2D eigenvalue weighted by Crippen LogP contribution is 2.29. The van der Waals surface area contributed by atoms with Gasteiger partial charge in [0.25, 0.3) is 0 Å². The maximum atomic E-state index is 13.2. The van der Waals surface area contributed by atoms with Gasteiger partial charge in [-0.25, -0.2) is 4.79 Å². The Bertz CT molecular complexity index is 995. The number of hydrogen-bond acceptors (Lipinski definition) is 2. The number of urea groups is 1. The van der Waals surface area contributed by atoms with Crippen LogP contribution >= 0.6 is 34.8 Å². The Morgan fingerprint density at radius 1 is 0.897 bits per heavy atom. The number of anilines is 2. The Kier molecular flexibility index (Phi) is 7.04. The summed E-state index contributed by atoms with van der Waals surface area (Å²) >= 11 is 18.1. The highest BCUT2D eigenvalue weighted by atomic mass is 35.5. The lowest BCUT2D eigenvalue weighted by Gasteiger charge is -2.33. The van der Waals surface area contributed by atoms with Gasteiger partial charge in [-0.05, 0) is 67.1 Å². The number of carbonyl (C=O) groups is 1. The molecule has 0 spiro atoms. The van der Waals surface area contributed by atoms with Gasteiger partial charge in [0.2, 0.25) is 0 Å². The van der Waals surface area contributed by atoms with E-state index < -0.39 is 18.2 Å². The Morgan fingerprint density at radius 2 is 1.52 bits per heavy atom. The number of halogens is 3. The summed E-state index contributed by atoms with van der Waals surface area (Å²) in [4.78, 5) is 14.6. The van der Waals surface area contributed by atoms with Crippen LogP contribution in [0.4, 0.5) is 16.2 Å². The zero-order chi connectivity index (χ0) is 21.0. The molecule has 2 atom stereocenters. The Balaban J connectivity index is 1.93. The average Bonchev–Trinajstić information content (AvgIpc) is 2.69. The Hall–Kier alpha value is -2.24. The van der Waals surface area contributed by atoms with Crippen LogP contribution in [0.5, 0.6) is 0 Å². The second-order valence-corrected chi connectivity index (χ2v) is 7.84. The van der Waals surface area contributed by atoms with Crippen LogP contribution in [-0.4, -0.2) is 17.2 Å². The molecule has 150 valence electrons. The second-order valence-electron chi connectivity index (χ2n) is 6.53. The quantitative estimate of drug-likeness (QED) is 0.449. The zero-order valence-electron chi connectivity index (χ0n) is 15.5. The molecule has 0 aromatic heterocycles. The summed E-state index contributed by atoms with van der Waals surface area (Å²) in [5, 5.41) is 15.3. The highest BCUT2D eigenvalue weighted by molar-refractivity contribution is 6.31. The number of amides is 2. The molecule has 0 aliphatic heterocycles. The molecule has 0 fully saturated rings. The van der Waals surface area contributed by atoms with E-state index in [9.17, 15) is 9.90 Å². The fourth-order valence-corrected chi connectivity index (χ4v) is 3.50. The van der Waals surface area contributed by atoms with E-state index in [0.29, 0.717) is 32.0 Å². The molecular formula is C22H19Cl3N2O2. The Labute approximate surface area is 184 Å². The first-order chi connectivity index (χ1) is 13.8. The SMILES string of the molecule is C[C@H](C(O)c1cccc(Cl)c1)N(C(=O)Nc1ccc(Cl)cc1)c1cccc(Cl)c1. The topological polar surface area (TPSA) is 52.6 Å². The van der Waals surface area contributed by atoms with Gasteiger partial charge in [0.15, 0.2) is 0 Å². The van der Waals surface area contributed by atoms with E-state index in [0.717, 1.165) is 0 Å². The fourth-order valence-electron chi connectivity index (χ4n) is 2.99. The Morgan fingerprint density at radius 3 is 2.14 bits per heavy atom. The van der Waals surface area contributed by atoms with Crippen molar-refractivity contribution in [3.63, 3.8) is 0 Å². The molecule has 0 bridgehead atoms. The van der Waals surface area contributed by atoms with Crippen LogP contribution in [0.15, 0.2) is 72.8 Å². The van der Waals surface area contributed by atoms with Gasteiger partial charge in [-0.15, -0.1) is 0 Å². The summed E-state index contributed by atoms with van der Waals surface area (Å²) in [6, 6.07) is 19.6. The monoisotopic (exact) mass is 448 g/mol. The van der Waals surface area contributed by atoms with Gasteiger partial charge in [-0.1, -0.05) is 53.0 Å². The van der Waals surface area contributed by atoms with Crippen LogP contribution < -0.4 is 10.2 Å². The van der Waals surface area contributed by atoms with Gasteiger partial charge in [0, 0.05) is 26.4 Å². The summed E-state index contributed by atoms with van der Waals surface area (Å²) in [5.41, 5.74) is 1.74. The summed E-state index contributed by atoms with van der Waals surface area (Å²) < 4.78 is 0. The molecule has 3 rings (SSSR count). The van der Waals surface area contributed by atoms with E-state index in [4.69, 9.17) is 34.8 Å². The minimum absolute atomic E-state index is 0.414. The molecule has 0 saturated carbocycles. The van der Waals surface area contributed by atoms with E-state index in [1.54, 1.807) is 79.7 Å². The molecule has 1 unspecified atom stereocenters. The van der Waals surface area contributed by atoms with E-state index in [1.807, 2.05) is 0 Å². The maximum absolute atomic E-state index is 13.2. The predicted octanol–water partition coefficient (Wildman–Crippen LogP) is 6.81. The standard InChI is InChI=1S/C22H19Cl3N2O2/c1-14(21(28)15-4-2-5-17(24)12-15)27(20-7-3-6-18(25)13-20)22(29)26-19-10-8-16(23)9-11-19/h2-14,21,28H,1H3,(H,26,29)/t14-,21?/m1/s1. The fraction of sp³-hybridized carbons (Fsp3) is 0.136. The van der Waals surface area contributed by atoms with Gasteiger partial charge >= 0.3 is 6.03 Å². The van der Waals surface area contributed by atoms with Gasteiger partial charge in [0.1, 0.15) is 0 Å². The van der Waals surface area contributed by atoms with E-state index in [-0.39, 0.29) is 0 Å². The molecule has 4 nitrogen and oxygen atoms in total. The van der Waals surface area contributed by atoms with E-state index >= 15 is 0 Å². The van der Waals surface area contributed by atoms with Crippen molar-refractivity contribution in [2.75, 3.05) is 10.2 Å². The minimum Gasteiger partial charge on any atom is -0.386 e. The number of aliphatic hydroxyl groups excluding tert-OH is 1. The number of nitrogens with zero attached hydrogens (tertiary/aromatic N) is 1. The van der Waals surface area contributed by atoms with Crippen LogP contribution in [0.3, 0.4) is 0 Å². The molecule has 3 aromatic rings. The molecule has 2 amide bonds. The van der Waals surface area contributed by atoms with Gasteiger partial charge in [-0.2, -0.15) is 0 Å². The molecule has 3 aromatic carbocycles. The third-order valence-electron chi connectivity index (χ3n) is 4.46. The van der Waals surface area contributed by atoms with Crippen molar-refractivity contribution < 1.29 is 9.90 Å². The summed E-state index contributed by atoms with van der Waals surface area (Å²) in [6.45, 7) is 1.76. The smallest absolute Gasteiger partial charge is 0.326 e. The zero-order valence-corrected chi connectivity index (χ0v) is 17.8. The molecule has 2 N–H and O–H groups in total. The minimum atomic E-state index is -0.969. The lowest BCUT2D eigenvalue weighted by atomic mass is 10.0. The van der Waals surface area contributed by atoms with Crippen LogP contribution in [0.1, 0.15) is 18.6 Å².